The van der Waals surface area contributed by atoms with Gasteiger partial charge in [-0.05, 0) is 6.92 Å². The molecule has 1 N–H and O–H groups in total. The second-order valence-electron chi connectivity index (χ2n) is 4.03. The summed E-state index contributed by atoms with van der Waals surface area (Å²) < 4.78 is 0. The van der Waals surface area contributed by atoms with E-state index in [9.17, 15) is 5.21 Å². The third kappa shape index (κ3) is 1.10. The first-order valence-corrected chi connectivity index (χ1v) is 3.48. The van der Waals surface area contributed by atoms with Gasteiger partial charge in [-0.1, -0.05) is 20.8 Å². The molecule has 1 fully saturated rings. The Balaban J connectivity index is 2.50. The molecule has 2 nitrogen and oxygen atoms in total. The molecule has 54 valence electrons. The van der Waals surface area contributed by atoms with E-state index in [1.807, 2.05) is 6.92 Å². The zero-order chi connectivity index (χ0) is 7.23. The Morgan fingerprint density at radius 3 is 1.67 bits per heavy atom. The monoisotopic (exact) mass is 129 g/mol. The summed E-state index contributed by atoms with van der Waals surface area (Å²) in [5.41, 5.74) is 0.205. The van der Waals surface area contributed by atoms with Gasteiger partial charge in [0.15, 0.2) is 0 Å². The van der Waals surface area contributed by atoms with Gasteiger partial charge in [0.25, 0.3) is 0 Å². The standard InChI is InChI=1S/C7H15NO/c1-5-6(8(5)9)7(2,3)4/h5-6,8H,1-4H3. The molecule has 0 radical (unpaired) electrons. The van der Waals surface area contributed by atoms with Crippen LogP contribution in [-0.2, 0) is 0 Å². The van der Waals surface area contributed by atoms with Gasteiger partial charge >= 0.3 is 0 Å². The number of quaternary nitrogens is 1. The third-order valence-electron chi connectivity index (χ3n) is 2.08. The molecule has 3 unspecified atom stereocenters. The van der Waals surface area contributed by atoms with Crippen LogP contribution < -0.4 is 5.06 Å². The Labute approximate surface area is 56.4 Å². The molecule has 1 aliphatic rings. The Morgan fingerprint density at radius 2 is 1.67 bits per heavy atom. The molecule has 0 aromatic carbocycles. The van der Waals surface area contributed by atoms with Gasteiger partial charge in [-0.25, -0.2) is 0 Å². The number of hydroxylamine groups is 2. The summed E-state index contributed by atoms with van der Waals surface area (Å²) in [6.07, 6.45) is 0. The lowest BCUT2D eigenvalue weighted by molar-refractivity contribution is -0.733. The van der Waals surface area contributed by atoms with Crippen molar-refractivity contribution in [2.45, 2.75) is 39.8 Å². The minimum absolute atomic E-state index is 0.205. The molecule has 1 saturated heterocycles. The lowest BCUT2D eigenvalue weighted by atomic mass is 9.90. The summed E-state index contributed by atoms with van der Waals surface area (Å²) in [7, 11) is 0. The highest BCUT2D eigenvalue weighted by Crippen LogP contribution is 2.24. The van der Waals surface area contributed by atoms with Crippen molar-refractivity contribution in [1.82, 2.24) is 0 Å². The van der Waals surface area contributed by atoms with Crippen molar-refractivity contribution in [2.75, 3.05) is 0 Å². The molecule has 3 atom stereocenters. The van der Waals surface area contributed by atoms with Crippen molar-refractivity contribution in [3.63, 3.8) is 0 Å². The molecule has 0 spiro atoms. The highest BCUT2D eigenvalue weighted by molar-refractivity contribution is 4.87. The van der Waals surface area contributed by atoms with Gasteiger partial charge in [-0.2, -0.15) is 0 Å². The first kappa shape index (κ1) is 7.03. The molecule has 0 aromatic rings. The predicted octanol–water partition coefficient (Wildman–Crippen LogP) is 0.186. The van der Waals surface area contributed by atoms with Crippen LogP contribution in [0, 0.1) is 10.6 Å². The molecule has 1 aliphatic heterocycles. The highest BCUT2D eigenvalue weighted by atomic mass is 16.5. The Bertz CT molecular complexity index is 109. The topological polar surface area (TPSA) is 27.5 Å². The van der Waals surface area contributed by atoms with E-state index in [2.05, 4.69) is 20.8 Å². The van der Waals surface area contributed by atoms with Crippen molar-refractivity contribution >= 4 is 0 Å². The van der Waals surface area contributed by atoms with Crippen LogP contribution in [0.25, 0.3) is 0 Å². The maximum atomic E-state index is 10.9. The van der Waals surface area contributed by atoms with Crippen LogP contribution in [0.5, 0.6) is 0 Å². The predicted molar refractivity (Wildman–Crippen MR) is 37.0 cm³/mol. The molecule has 0 aromatic heterocycles. The molecule has 0 saturated carbocycles. The lowest BCUT2D eigenvalue weighted by Crippen LogP contribution is -2.90. The fourth-order valence-corrected chi connectivity index (χ4v) is 1.54. The second-order valence-corrected chi connectivity index (χ2v) is 4.03. The van der Waals surface area contributed by atoms with Crippen molar-refractivity contribution in [2.24, 2.45) is 5.41 Å². The Morgan fingerprint density at radius 1 is 1.33 bits per heavy atom. The van der Waals surface area contributed by atoms with E-state index in [0.29, 0.717) is 17.1 Å². The van der Waals surface area contributed by atoms with E-state index in [0.717, 1.165) is 0 Å². The molecule has 1 heterocycles. The summed E-state index contributed by atoms with van der Waals surface area (Å²) in [6.45, 7) is 8.38. The number of hydrogen-bond donors (Lipinski definition) is 1. The molecular weight excluding hydrogens is 114 g/mol. The van der Waals surface area contributed by atoms with Crippen molar-refractivity contribution in [3.8, 4) is 0 Å². The first-order valence-electron chi connectivity index (χ1n) is 3.48. The van der Waals surface area contributed by atoms with E-state index in [1.165, 1.54) is 0 Å². The summed E-state index contributed by atoms with van der Waals surface area (Å²) in [6, 6.07) is 0.683. The van der Waals surface area contributed by atoms with Gasteiger partial charge in [0.1, 0.15) is 12.1 Å². The molecule has 9 heavy (non-hydrogen) atoms. The van der Waals surface area contributed by atoms with Gasteiger partial charge in [-0.3, -0.25) is 0 Å². The smallest absolute Gasteiger partial charge is 0.145 e. The van der Waals surface area contributed by atoms with Crippen molar-refractivity contribution < 1.29 is 5.06 Å². The molecule has 2 heteroatoms. The quantitative estimate of drug-likeness (QED) is 0.367. The highest BCUT2D eigenvalue weighted by Gasteiger charge is 2.52. The van der Waals surface area contributed by atoms with Crippen LogP contribution in [-0.4, -0.2) is 12.1 Å². The number of rotatable bonds is 0. The molecular formula is C7H15NO. The molecule has 0 aliphatic carbocycles. The van der Waals surface area contributed by atoms with Gasteiger partial charge in [-0.15, -0.1) is 0 Å². The molecule has 0 bridgehead atoms. The maximum absolute atomic E-state index is 10.9. The lowest BCUT2D eigenvalue weighted by Gasteiger charge is -2.14. The average molecular weight is 129 g/mol. The summed E-state index contributed by atoms with van der Waals surface area (Å²) in [5, 5.41) is 11.3. The van der Waals surface area contributed by atoms with Crippen molar-refractivity contribution in [1.29, 1.82) is 0 Å². The molecule has 0 amide bonds. The van der Waals surface area contributed by atoms with E-state index in [1.54, 1.807) is 0 Å². The second kappa shape index (κ2) is 1.70. The fourth-order valence-electron chi connectivity index (χ4n) is 1.54. The zero-order valence-electron chi connectivity index (χ0n) is 6.56. The fraction of sp³-hybridized carbons (Fsp3) is 1.00. The summed E-state index contributed by atoms with van der Waals surface area (Å²) in [5.74, 6) is 0. The van der Waals surface area contributed by atoms with Crippen LogP contribution in [0.3, 0.4) is 0 Å². The number of hydrogen-bond acceptors (Lipinski definition) is 1. The van der Waals surface area contributed by atoms with E-state index < -0.39 is 0 Å². The largest absolute Gasteiger partial charge is 0.634 e. The van der Waals surface area contributed by atoms with Crippen LogP contribution >= 0.6 is 0 Å². The van der Waals surface area contributed by atoms with Gasteiger partial charge in [0.05, 0.1) is 0 Å². The molecule has 1 rings (SSSR count). The average Bonchev–Trinajstić information content (AvgIpc) is 2.11. The minimum atomic E-state index is 0.205. The van der Waals surface area contributed by atoms with Crippen LogP contribution in [0.4, 0.5) is 0 Å². The van der Waals surface area contributed by atoms with Gasteiger partial charge in [0.2, 0.25) is 0 Å². The SMILES string of the molecule is CC1C(C(C)(C)C)[NH+]1[O-]. The van der Waals surface area contributed by atoms with Crippen molar-refractivity contribution in [3.05, 3.63) is 5.21 Å². The normalized spacial score (nSPS) is 43.0. The Kier molecular flexibility index (Phi) is 1.33. The van der Waals surface area contributed by atoms with Crippen LogP contribution in [0.2, 0.25) is 0 Å². The summed E-state index contributed by atoms with van der Waals surface area (Å²) >= 11 is 0. The number of nitrogens with one attached hydrogen (secondary N) is 1. The minimum Gasteiger partial charge on any atom is -0.634 e. The summed E-state index contributed by atoms with van der Waals surface area (Å²) in [4.78, 5) is 0. The third-order valence-corrected chi connectivity index (χ3v) is 2.08. The van der Waals surface area contributed by atoms with E-state index in [-0.39, 0.29) is 5.41 Å². The maximum Gasteiger partial charge on any atom is 0.145 e. The van der Waals surface area contributed by atoms with E-state index >= 15 is 0 Å². The van der Waals surface area contributed by atoms with E-state index in [4.69, 9.17) is 0 Å². The first-order chi connectivity index (χ1) is 3.94. The Hall–Kier alpha value is -0.0800. The van der Waals surface area contributed by atoms with Crippen LogP contribution in [0.15, 0.2) is 0 Å². The van der Waals surface area contributed by atoms with Crippen LogP contribution in [0.1, 0.15) is 27.7 Å². The van der Waals surface area contributed by atoms with Gasteiger partial charge < -0.3 is 10.3 Å². The van der Waals surface area contributed by atoms with Gasteiger partial charge in [0, 0.05) is 5.41 Å². The zero-order valence-corrected chi connectivity index (χ0v) is 6.56.